The highest BCUT2D eigenvalue weighted by Crippen LogP contribution is 2.31. The second-order valence-electron chi connectivity index (χ2n) is 5.30. The fourth-order valence-corrected chi connectivity index (χ4v) is 2.94. The van der Waals surface area contributed by atoms with E-state index >= 15 is 0 Å². The first-order valence-corrected chi connectivity index (χ1v) is 6.61. The van der Waals surface area contributed by atoms with Crippen LogP contribution < -0.4 is 5.73 Å². The molecule has 1 aliphatic heterocycles. The molecule has 0 spiro atoms. The average Bonchev–Trinajstić information content (AvgIpc) is 2.79. The summed E-state index contributed by atoms with van der Waals surface area (Å²) in [7, 11) is 0. The van der Waals surface area contributed by atoms with Gasteiger partial charge in [0.05, 0.1) is 11.6 Å². The van der Waals surface area contributed by atoms with E-state index in [-0.39, 0.29) is 0 Å². The Kier molecular flexibility index (Phi) is 4.00. The maximum Gasteiger partial charge on any atom is 0.0991 e. The molecule has 96 valence electrons. The zero-order valence-electron chi connectivity index (χ0n) is 11.1. The van der Waals surface area contributed by atoms with Gasteiger partial charge >= 0.3 is 0 Å². The average molecular weight is 243 g/mol. The van der Waals surface area contributed by atoms with E-state index in [9.17, 15) is 0 Å². The molecular formula is C15H21N3. The van der Waals surface area contributed by atoms with E-state index in [2.05, 4.69) is 30.9 Å². The van der Waals surface area contributed by atoms with Crippen LogP contribution in [0.1, 0.15) is 37.4 Å². The number of benzene rings is 1. The molecule has 3 nitrogen and oxygen atoms in total. The first-order chi connectivity index (χ1) is 8.65. The molecule has 1 heterocycles. The Bertz CT molecular complexity index is 449. The largest absolute Gasteiger partial charge is 0.330 e. The van der Waals surface area contributed by atoms with E-state index in [4.69, 9.17) is 11.0 Å². The van der Waals surface area contributed by atoms with Gasteiger partial charge < -0.3 is 5.73 Å². The molecule has 1 fully saturated rings. The lowest BCUT2D eigenvalue weighted by Crippen LogP contribution is -2.30. The van der Waals surface area contributed by atoms with Crippen molar-refractivity contribution in [1.29, 1.82) is 5.26 Å². The van der Waals surface area contributed by atoms with Crippen molar-refractivity contribution in [2.45, 2.75) is 32.4 Å². The van der Waals surface area contributed by atoms with Crippen LogP contribution >= 0.6 is 0 Å². The van der Waals surface area contributed by atoms with Crippen molar-refractivity contribution in [3.8, 4) is 6.07 Å². The topological polar surface area (TPSA) is 53.0 Å². The zero-order chi connectivity index (χ0) is 13.1. The molecule has 0 aromatic heterocycles. The quantitative estimate of drug-likeness (QED) is 0.886. The molecule has 1 saturated heterocycles. The van der Waals surface area contributed by atoms with Crippen LogP contribution in [0.15, 0.2) is 24.3 Å². The third-order valence-electron chi connectivity index (χ3n) is 4.04. The lowest BCUT2D eigenvalue weighted by Gasteiger charge is -2.29. The van der Waals surface area contributed by atoms with Crippen molar-refractivity contribution in [2.24, 2.45) is 11.7 Å². The Balaban J connectivity index is 2.16. The summed E-state index contributed by atoms with van der Waals surface area (Å²) in [5, 5.41) is 8.96. The molecule has 3 unspecified atom stereocenters. The first-order valence-electron chi connectivity index (χ1n) is 6.61. The van der Waals surface area contributed by atoms with Crippen LogP contribution in [0.25, 0.3) is 0 Å². The molecule has 0 saturated carbocycles. The number of nitrogens with zero attached hydrogens (tertiary/aromatic N) is 2. The van der Waals surface area contributed by atoms with Crippen LogP contribution in [0, 0.1) is 17.2 Å². The van der Waals surface area contributed by atoms with Crippen molar-refractivity contribution >= 4 is 0 Å². The van der Waals surface area contributed by atoms with E-state index in [0.29, 0.717) is 18.0 Å². The number of nitriles is 1. The summed E-state index contributed by atoms with van der Waals surface area (Å²) in [6.45, 7) is 6.31. The normalized spacial score (nSPS) is 25.9. The third kappa shape index (κ3) is 2.55. The second kappa shape index (κ2) is 5.51. The number of rotatable bonds is 3. The van der Waals surface area contributed by atoms with Crippen LogP contribution in [0.3, 0.4) is 0 Å². The van der Waals surface area contributed by atoms with E-state index < -0.39 is 0 Å². The van der Waals surface area contributed by atoms with Gasteiger partial charge in [0.25, 0.3) is 0 Å². The summed E-state index contributed by atoms with van der Waals surface area (Å²) in [5.41, 5.74) is 7.73. The summed E-state index contributed by atoms with van der Waals surface area (Å²) in [5.74, 6) is 0.613. The molecular weight excluding hydrogens is 222 g/mol. The van der Waals surface area contributed by atoms with Crippen LogP contribution in [0.2, 0.25) is 0 Å². The second-order valence-corrected chi connectivity index (χ2v) is 5.30. The molecule has 1 aromatic carbocycles. The molecule has 2 N–H and O–H groups in total. The predicted molar refractivity (Wildman–Crippen MR) is 72.9 cm³/mol. The summed E-state index contributed by atoms with van der Waals surface area (Å²) < 4.78 is 0. The molecule has 0 aliphatic carbocycles. The lowest BCUT2D eigenvalue weighted by molar-refractivity contribution is 0.200. The SMILES string of the molecule is CC1CC(CN)CN1C(C)c1cccc(C#N)c1. The summed E-state index contributed by atoms with van der Waals surface area (Å²) in [6, 6.07) is 11.0. The monoisotopic (exact) mass is 243 g/mol. The number of nitrogens with two attached hydrogens (primary N) is 1. The molecule has 3 heteroatoms. The Morgan fingerprint density at radius 2 is 2.33 bits per heavy atom. The van der Waals surface area contributed by atoms with Gasteiger partial charge in [0.15, 0.2) is 0 Å². The van der Waals surface area contributed by atoms with Gasteiger partial charge in [-0.25, -0.2) is 0 Å². The smallest absolute Gasteiger partial charge is 0.0991 e. The molecule has 2 rings (SSSR count). The van der Waals surface area contributed by atoms with E-state index in [0.717, 1.165) is 18.7 Å². The van der Waals surface area contributed by atoms with Gasteiger partial charge in [-0.2, -0.15) is 5.26 Å². The van der Waals surface area contributed by atoms with Gasteiger partial charge in [-0.1, -0.05) is 12.1 Å². The fourth-order valence-electron chi connectivity index (χ4n) is 2.94. The molecule has 1 aliphatic rings. The minimum atomic E-state index is 0.352. The lowest BCUT2D eigenvalue weighted by atomic mass is 10.0. The van der Waals surface area contributed by atoms with Gasteiger partial charge in [-0.05, 0) is 50.4 Å². The van der Waals surface area contributed by atoms with Gasteiger partial charge in [-0.3, -0.25) is 4.90 Å². The highest BCUT2D eigenvalue weighted by Gasteiger charge is 2.31. The Morgan fingerprint density at radius 3 is 2.94 bits per heavy atom. The Labute approximate surface area is 109 Å². The minimum absolute atomic E-state index is 0.352. The summed E-state index contributed by atoms with van der Waals surface area (Å²) >= 11 is 0. The van der Waals surface area contributed by atoms with Crippen LogP contribution in [0.5, 0.6) is 0 Å². The van der Waals surface area contributed by atoms with E-state index in [1.54, 1.807) is 0 Å². The van der Waals surface area contributed by atoms with Crippen LogP contribution in [-0.2, 0) is 0 Å². The minimum Gasteiger partial charge on any atom is -0.330 e. The highest BCUT2D eigenvalue weighted by atomic mass is 15.2. The van der Waals surface area contributed by atoms with Crippen molar-refractivity contribution in [2.75, 3.05) is 13.1 Å². The molecule has 0 amide bonds. The van der Waals surface area contributed by atoms with Gasteiger partial charge in [0.1, 0.15) is 0 Å². The maximum absolute atomic E-state index is 8.96. The Morgan fingerprint density at radius 1 is 1.56 bits per heavy atom. The van der Waals surface area contributed by atoms with Crippen LogP contribution in [0.4, 0.5) is 0 Å². The van der Waals surface area contributed by atoms with Gasteiger partial charge in [-0.15, -0.1) is 0 Å². The molecule has 1 aromatic rings. The standard InChI is InChI=1S/C15H21N3/c1-11-6-14(9-17)10-18(11)12(2)15-5-3-4-13(7-15)8-16/h3-5,7,11-12,14H,6,9-10,17H2,1-2H3. The molecule has 3 atom stereocenters. The van der Waals surface area contributed by atoms with Gasteiger partial charge in [0.2, 0.25) is 0 Å². The maximum atomic E-state index is 8.96. The predicted octanol–water partition coefficient (Wildman–Crippen LogP) is 2.29. The number of likely N-dealkylation sites (tertiary alicyclic amines) is 1. The fraction of sp³-hybridized carbons (Fsp3) is 0.533. The Hall–Kier alpha value is -1.37. The molecule has 0 radical (unpaired) electrons. The highest BCUT2D eigenvalue weighted by molar-refractivity contribution is 5.34. The summed E-state index contributed by atoms with van der Waals surface area (Å²) in [4.78, 5) is 2.49. The molecule has 0 bridgehead atoms. The van der Waals surface area contributed by atoms with Crippen molar-refractivity contribution < 1.29 is 0 Å². The molecule has 18 heavy (non-hydrogen) atoms. The van der Waals surface area contributed by atoms with Crippen molar-refractivity contribution in [3.63, 3.8) is 0 Å². The zero-order valence-corrected chi connectivity index (χ0v) is 11.1. The van der Waals surface area contributed by atoms with Gasteiger partial charge in [0, 0.05) is 18.6 Å². The first kappa shape index (κ1) is 13.1. The number of hydrogen-bond acceptors (Lipinski definition) is 3. The van der Waals surface area contributed by atoms with Crippen LogP contribution in [-0.4, -0.2) is 24.0 Å². The van der Waals surface area contributed by atoms with Crippen molar-refractivity contribution in [1.82, 2.24) is 4.90 Å². The third-order valence-corrected chi connectivity index (χ3v) is 4.04. The van der Waals surface area contributed by atoms with E-state index in [1.807, 2.05) is 18.2 Å². The van der Waals surface area contributed by atoms with E-state index in [1.165, 1.54) is 12.0 Å². The summed E-state index contributed by atoms with van der Waals surface area (Å²) in [6.07, 6.45) is 1.18. The van der Waals surface area contributed by atoms with Crippen molar-refractivity contribution in [3.05, 3.63) is 35.4 Å². The number of hydrogen-bond donors (Lipinski definition) is 1.